The van der Waals surface area contributed by atoms with Crippen LogP contribution in [0.3, 0.4) is 0 Å². The van der Waals surface area contributed by atoms with Crippen LogP contribution < -0.4 is 10.6 Å². The van der Waals surface area contributed by atoms with Gasteiger partial charge in [-0.2, -0.15) is 13.2 Å². The molecule has 166 valence electrons. The number of guanidine groups is 1. The van der Waals surface area contributed by atoms with Gasteiger partial charge in [0.1, 0.15) is 5.82 Å². The molecule has 0 aliphatic rings. The van der Waals surface area contributed by atoms with E-state index in [-0.39, 0.29) is 18.5 Å². The van der Waals surface area contributed by atoms with E-state index in [1.54, 1.807) is 0 Å². The Kier molecular flexibility index (Phi) is 7.89. The van der Waals surface area contributed by atoms with Crippen molar-refractivity contribution in [3.63, 3.8) is 0 Å². The van der Waals surface area contributed by atoms with Crippen molar-refractivity contribution >= 4 is 5.96 Å². The van der Waals surface area contributed by atoms with Gasteiger partial charge in [0.25, 0.3) is 0 Å². The third-order valence-corrected chi connectivity index (χ3v) is 5.19. The Morgan fingerprint density at radius 3 is 2.43 bits per heavy atom. The first kappa shape index (κ1) is 23.7. The third kappa shape index (κ3) is 5.53. The van der Waals surface area contributed by atoms with Gasteiger partial charge in [0, 0.05) is 50.9 Å². The molecule has 0 aliphatic heterocycles. The molecule has 6 nitrogen and oxygen atoms in total. The van der Waals surface area contributed by atoms with Gasteiger partial charge in [0.2, 0.25) is 5.60 Å². The standard InChI is InChI=1S/C21H30F3N5O/c1-5-25-19(28-16(3)15(2)17-9-7-6-8-10-17)27-12-11-20(30,21(22,23)24)18-26-13-14-29(18)4/h6-10,13-16,30H,5,11-12H2,1-4H3,(H2,25,27,28). The molecule has 9 heteroatoms. The average molecular weight is 425 g/mol. The molecule has 3 unspecified atom stereocenters. The Hall–Kier alpha value is -2.55. The Morgan fingerprint density at radius 1 is 1.23 bits per heavy atom. The van der Waals surface area contributed by atoms with Crippen LogP contribution in [0.4, 0.5) is 13.2 Å². The number of halogens is 3. The lowest BCUT2D eigenvalue weighted by Gasteiger charge is -2.29. The zero-order valence-corrected chi connectivity index (χ0v) is 17.7. The van der Waals surface area contributed by atoms with Crippen LogP contribution in [0, 0.1) is 0 Å². The molecular weight excluding hydrogens is 395 g/mol. The quantitative estimate of drug-likeness (QED) is 0.448. The summed E-state index contributed by atoms with van der Waals surface area (Å²) in [6.07, 6.45) is -2.91. The molecule has 30 heavy (non-hydrogen) atoms. The first-order chi connectivity index (χ1) is 14.1. The van der Waals surface area contributed by atoms with Gasteiger partial charge in [0.15, 0.2) is 5.96 Å². The summed E-state index contributed by atoms with van der Waals surface area (Å²) in [6, 6.07) is 9.93. The van der Waals surface area contributed by atoms with Gasteiger partial charge in [-0.05, 0) is 19.4 Å². The van der Waals surface area contributed by atoms with E-state index >= 15 is 0 Å². The summed E-state index contributed by atoms with van der Waals surface area (Å²) in [5.74, 6) is 0.112. The number of alkyl halides is 3. The molecule has 0 spiro atoms. The summed E-state index contributed by atoms with van der Waals surface area (Å²) in [4.78, 5) is 7.97. The summed E-state index contributed by atoms with van der Waals surface area (Å²) in [6.45, 7) is 6.26. The summed E-state index contributed by atoms with van der Waals surface area (Å²) >= 11 is 0. The van der Waals surface area contributed by atoms with Crippen LogP contribution in [0.15, 0.2) is 47.7 Å². The molecule has 1 aromatic heterocycles. The number of rotatable bonds is 8. The number of hydrogen-bond acceptors (Lipinski definition) is 3. The molecule has 0 amide bonds. The molecule has 3 N–H and O–H groups in total. The highest BCUT2D eigenvalue weighted by atomic mass is 19.4. The Labute approximate surface area is 175 Å². The van der Waals surface area contributed by atoms with Crippen LogP contribution in [0.2, 0.25) is 0 Å². The molecule has 2 aromatic rings. The highest BCUT2D eigenvalue weighted by Gasteiger charge is 2.57. The fourth-order valence-corrected chi connectivity index (χ4v) is 3.18. The fraction of sp³-hybridized carbons (Fsp3) is 0.524. The van der Waals surface area contributed by atoms with Gasteiger partial charge >= 0.3 is 6.18 Å². The van der Waals surface area contributed by atoms with Crippen LogP contribution in [0.25, 0.3) is 0 Å². The molecule has 3 atom stereocenters. The molecule has 2 rings (SSSR count). The number of aromatic nitrogens is 2. The zero-order chi connectivity index (χ0) is 22.4. The van der Waals surface area contributed by atoms with Gasteiger partial charge in [-0.1, -0.05) is 37.3 Å². The van der Waals surface area contributed by atoms with Crippen molar-refractivity contribution in [2.24, 2.45) is 12.0 Å². The van der Waals surface area contributed by atoms with E-state index in [9.17, 15) is 18.3 Å². The van der Waals surface area contributed by atoms with Crippen LogP contribution >= 0.6 is 0 Å². The van der Waals surface area contributed by atoms with Gasteiger partial charge < -0.3 is 20.3 Å². The van der Waals surface area contributed by atoms with E-state index in [4.69, 9.17) is 0 Å². The molecule has 0 saturated heterocycles. The summed E-state index contributed by atoms with van der Waals surface area (Å²) in [5, 5.41) is 16.7. The van der Waals surface area contributed by atoms with Gasteiger partial charge in [-0.3, -0.25) is 4.99 Å². The highest BCUT2D eigenvalue weighted by molar-refractivity contribution is 5.80. The molecule has 1 heterocycles. The highest BCUT2D eigenvalue weighted by Crippen LogP contribution is 2.40. The van der Waals surface area contributed by atoms with Crippen molar-refractivity contribution in [3.8, 4) is 0 Å². The van der Waals surface area contributed by atoms with Crippen molar-refractivity contribution in [2.45, 2.75) is 50.9 Å². The van der Waals surface area contributed by atoms with Crippen LogP contribution in [-0.2, 0) is 12.6 Å². The maximum absolute atomic E-state index is 13.6. The molecule has 0 fully saturated rings. The lowest BCUT2D eigenvalue weighted by atomic mass is 9.94. The Morgan fingerprint density at radius 2 is 1.90 bits per heavy atom. The smallest absolute Gasteiger partial charge is 0.374 e. The number of aliphatic imine (C=N–C) groups is 1. The summed E-state index contributed by atoms with van der Waals surface area (Å²) < 4.78 is 42.1. The van der Waals surface area contributed by atoms with E-state index in [0.717, 1.165) is 5.56 Å². The average Bonchev–Trinajstić information content (AvgIpc) is 3.13. The maximum atomic E-state index is 13.6. The first-order valence-corrected chi connectivity index (χ1v) is 9.96. The normalized spacial score (nSPS) is 16.6. The van der Waals surface area contributed by atoms with Crippen LogP contribution in [0.5, 0.6) is 0 Å². The largest absolute Gasteiger partial charge is 0.424 e. The maximum Gasteiger partial charge on any atom is 0.424 e. The third-order valence-electron chi connectivity index (χ3n) is 5.19. The molecule has 0 bridgehead atoms. The number of nitrogens with zero attached hydrogens (tertiary/aromatic N) is 3. The number of aliphatic hydroxyl groups is 1. The van der Waals surface area contributed by atoms with E-state index in [1.165, 1.54) is 24.0 Å². The predicted molar refractivity (Wildman–Crippen MR) is 111 cm³/mol. The number of aryl methyl sites for hydroxylation is 1. The Balaban J connectivity index is 2.12. The van der Waals surface area contributed by atoms with Crippen LogP contribution in [-0.4, -0.2) is 45.9 Å². The van der Waals surface area contributed by atoms with Gasteiger partial charge in [-0.15, -0.1) is 0 Å². The first-order valence-electron chi connectivity index (χ1n) is 9.96. The zero-order valence-electron chi connectivity index (χ0n) is 17.7. The van der Waals surface area contributed by atoms with Crippen molar-refractivity contribution in [1.29, 1.82) is 0 Å². The fourth-order valence-electron chi connectivity index (χ4n) is 3.18. The van der Waals surface area contributed by atoms with Crippen molar-refractivity contribution in [3.05, 3.63) is 54.1 Å². The minimum absolute atomic E-state index is 0.0127. The topological polar surface area (TPSA) is 74.5 Å². The van der Waals surface area contributed by atoms with Crippen molar-refractivity contribution in [2.75, 3.05) is 13.1 Å². The van der Waals surface area contributed by atoms with Gasteiger partial charge in [-0.25, -0.2) is 4.98 Å². The van der Waals surface area contributed by atoms with Gasteiger partial charge in [0.05, 0.1) is 0 Å². The molecule has 0 aliphatic carbocycles. The number of imidazole rings is 1. The van der Waals surface area contributed by atoms with Crippen molar-refractivity contribution < 1.29 is 18.3 Å². The van der Waals surface area contributed by atoms with E-state index in [1.807, 2.05) is 44.2 Å². The second-order valence-electron chi connectivity index (χ2n) is 7.36. The lowest BCUT2D eigenvalue weighted by Crippen LogP contribution is -2.46. The number of hydrogen-bond donors (Lipinski definition) is 3. The van der Waals surface area contributed by atoms with E-state index in [2.05, 4.69) is 27.5 Å². The molecule has 1 aromatic carbocycles. The summed E-state index contributed by atoms with van der Waals surface area (Å²) in [5.41, 5.74) is -1.93. The minimum Gasteiger partial charge on any atom is -0.374 e. The minimum atomic E-state index is -4.87. The van der Waals surface area contributed by atoms with E-state index < -0.39 is 24.0 Å². The second-order valence-corrected chi connectivity index (χ2v) is 7.36. The number of nitrogens with one attached hydrogen (secondary N) is 2. The SMILES string of the molecule is CCNC(=NCCC(O)(c1nccn1C)C(F)(F)F)NC(C)C(C)c1ccccc1. The lowest BCUT2D eigenvalue weighted by molar-refractivity contribution is -0.272. The monoisotopic (exact) mass is 425 g/mol. The summed E-state index contributed by atoms with van der Waals surface area (Å²) in [7, 11) is 1.42. The second kappa shape index (κ2) is 9.97. The molecular formula is C21H30F3N5O. The number of benzene rings is 1. The van der Waals surface area contributed by atoms with Crippen molar-refractivity contribution in [1.82, 2.24) is 20.2 Å². The molecule has 0 radical (unpaired) electrons. The molecule has 0 saturated carbocycles. The van der Waals surface area contributed by atoms with E-state index in [0.29, 0.717) is 12.5 Å². The van der Waals surface area contributed by atoms with Crippen LogP contribution in [0.1, 0.15) is 44.5 Å². The Bertz CT molecular complexity index is 822. The predicted octanol–water partition coefficient (Wildman–Crippen LogP) is 3.31.